The molecule has 4 aromatic rings. The minimum atomic E-state index is -0.0767. The number of Topliss-reactive ketones (excluding diaryl/α,β-unsaturated/α-hetero) is 1. The summed E-state index contributed by atoms with van der Waals surface area (Å²) >= 11 is 5.82. The van der Waals surface area contributed by atoms with Gasteiger partial charge in [-0.05, 0) is 49.7 Å². The van der Waals surface area contributed by atoms with Crippen LogP contribution in [-0.4, -0.2) is 25.5 Å². The number of benzene rings is 1. The second-order valence-electron chi connectivity index (χ2n) is 6.50. The molecule has 7 heteroatoms. The third kappa shape index (κ3) is 6.53. The number of aromatic nitrogens is 4. The molecule has 3 heterocycles. The van der Waals surface area contributed by atoms with Gasteiger partial charge < -0.3 is 4.74 Å². The van der Waals surface area contributed by atoms with Gasteiger partial charge in [-0.3, -0.25) is 14.5 Å². The molecule has 4 rings (SSSR count). The van der Waals surface area contributed by atoms with E-state index in [2.05, 4.69) is 15.1 Å². The van der Waals surface area contributed by atoms with E-state index in [0.29, 0.717) is 17.2 Å². The molecule has 0 radical (unpaired) electrons. The first-order valence-electron chi connectivity index (χ1n) is 9.30. The van der Waals surface area contributed by atoms with E-state index in [-0.39, 0.29) is 10.9 Å². The first-order chi connectivity index (χ1) is 14.5. The van der Waals surface area contributed by atoms with E-state index < -0.39 is 0 Å². The Morgan fingerprint density at radius 1 is 1.10 bits per heavy atom. The highest BCUT2D eigenvalue weighted by Crippen LogP contribution is 2.22. The normalized spacial score (nSPS) is 10.1. The van der Waals surface area contributed by atoms with Gasteiger partial charge in [0.1, 0.15) is 10.9 Å². The third-order valence-electron chi connectivity index (χ3n) is 3.98. The van der Waals surface area contributed by atoms with Gasteiger partial charge in [0.25, 0.3) is 0 Å². The first-order valence-corrected chi connectivity index (χ1v) is 9.68. The molecule has 0 spiro atoms. The Labute approximate surface area is 180 Å². The Morgan fingerprint density at radius 3 is 2.53 bits per heavy atom. The number of ketones is 1. The number of hydrogen-bond acceptors (Lipinski definition) is 5. The molecule has 30 heavy (non-hydrogen) atoms. The molecule has 0 aliphatic carbocycles. The lowest BCUT2D eigenvalue weighted by atomic mass is 10.2. The number of hydrogen-bond donors (Lipinski definition) is 0. The highest BCUT2D eigenvalue weighted by atomic mass is 35.5. The standard InChI is InChI=1S/C13H10ClNO2.C10H11N3/c1-9(16)10-7-12(14)15-13(8-10)17-11-5-3-2-4-6-11;1-9-4-6-13(12-9)8-10-3-2-5-11-7-10/h2-8H,1H3;2-7H,8H2,1H3. The predicted molar refractivity (Wildman–Crippen MR) is 116 cm³/mol. The Hall–Kier alpha value is -3.51. The van der Waals surface area contributed by atoms with Gasteiger partial charge in [-0.1, -0.05) is 35.9 Å². The van der Waals surface area contributed by atoms with Gasteiger partial charge in [-0.15, -0.1) is 0 Å². The van der Waals surface area contributed by atoms with Gasteiger partial charge in [0.05, 0.1) is 12.2 Å². The third-order valence-corrected chi connectivity index (χ3v) is 4.18. The van der Waals surface area contributed by atoms with Crippen molar-refractivity contribution in [2.24, 2.45) is 0 Å². The van der Waals surface area contributed by atoms with Crippen LogP contribution in [0.5, 0.6) is 11.6 Å². The van der Waals surface area contributed by atoms with Gasteiger partial charge in [-0.2, -0.15) is 5.10 Å². The lowest BCUT2D eigenvalue weighted by Gasteiger charge is -2.06. The molecule has 0 amide bonds. The van der Waals surface area contributed by atoms with Crippen molar-refractivity contribution in [3.8, 4) is 11.6 Å². The lowest BCUT2D eigenvalue weighted by Crippen LogP contribution is -2.00. The zero-order valence-electron chi connectivity index (χ0n) is 16.7. The quantitative estimate of drug-likeness (QED) is 0.321. The second kappa shape index (κ2) is 10.3. The number of aryl methyl sites for hydroxylation is 1. The SMILES string of the molecule is CC(=O)c1cc(Cl)nc(Oc2ccccc2)c1.Cc1ccn(Cc2cccnc2)n1. The molecule has 6 nitrogen and oxygen atoms in total. The minimum Gasteiger partial charge on any atom is -0.439 e. The summed E-state index contributed by atoms with van der Waals surface area (Å²) in [6, 6.07) is 18.3. The van der Waals surface area contributed by atoms with E-state index in [9.17, 15) is 4.79 Å². The summed E-state index contributed by atoms with van der Waals surface area (Å²) < 4.78 is 7.41. The van der Waals surface area contributed by atoms with Crippen molar-refractivity contribution >= 4 is 17.4 Å². The first kappa shape index (κ1) is 21.2. The molecule has 0 atom stereocenters. The van der Waals surface area contributed by atoms with E-state index in [4.69, 9.17) is 16.3 Å². The number of carbonyl (C=O) groups is 1. The Kier molecular flexibility index (Phi) is 7.29. The lowest BCUT2D eigenvalue weighted by molar-refractivity contribution is 0.101. The van der Waals surface area contributed by atoms with Crippen LogP contribution in [0.3, 0.4) is 0 Å². The van der Waals surface area contributed by atoms with Gasteiger partial charge in [0.2, 0.25) is 5.88 Å². The van der Waals surface area contributed by atoms with Crippen molar-refractivity contribution in [3.05, 3.63) is 101 Å². The molecule has 0 fully saturated rings. The smallest absolute Gasteiger partial charge is 0.221 e. The van der Waals surface area contributed by atoms with Crippen LogP contribution in [0.25, 0.3) is 0 Å². The zero-order chi connectivity index (χ0) is 21.3. The van der Waals surface area contributed by atoms with E-state index in [1.54, 1.807) is 24.4 Å². The van der Waals surface area contributed by atoms with Crippen LogP contribution in [0.1, 0.15) is 28.5 Å². The van der Waals surface area contributed by atoms with Crippen molar-refractivity contribution < 1.29 is 9.53 Å². The van der Waals surface area contributed by atoms with Crippen molar-refractivity contribution in [1.82, 2.24) is 19.7 Å². The summed E-state index contributed by atoms with van der Waals surface area (Å²) in [5, 5.41) is 4.53. The van der Waals surface area contributed by atoms with Crippen LogP contribution in [0.15, 0.2) is 79.3 Å². The van der Waals surface area contributed by atoms with Gasteiger partial charge in [-0.25, -0.2) is 4.98 Å². The fraction of sp³-hybridized carbons (Fsp3) is 0.130. The Balaban J connectivity index is 0.000000177. The van der Waals surface area contributed by atoms with Crippen LogP contribution in [0.2, 0.25) is 5.15 Å². The molecule has 3 aromatic heterocycles. The van der Waals surface area contributed by atoms with Crippen molar-refractivity contribution in [2.75, 3.05) is 0 Å². The highest BCUT2D eigenvalue weighted by Gasteiger charge is 2.06. The molecule has 152 valence electrons. The maximum Gasteiger partial charge on any atom is 0.221 e. The van der Waals surface area contributed by atoms with E-state index >= 15 is 0 Å². The van der Waals surface area contributed by atoms with Crippen molar-refractivity contribution in [1.29, 1.82) is 0 Å². The molecule has 0 N–H and O–H groups in total. The van der Waals surface area contributed by atoms with Crippen LogP contribution in [0, 0.1) is 6.92 Å². The summed E-state index contributed by atoms with van der Waals surface area (Å²) in [6.07, 6.45) is 5.61. The summed E-state index contributed by atoms with van der Waals surface area (Å²) in [6.45, 7) is 4.25. The fourth-order valence-electron chi connectivity index (χ4n) is 2.57. The van der Waals surface area contributed by atoms with Crippen LogP contribution in [-0.2, 0) is 6.54 Å². The van der Waals surface area contributed by atoms with Crippen molar-refractivity contribution in [3.63, 3.8) is 0 Å². The van der Waals surface area contributed by atoms with Crippen LogP contribution in [0.4, 0.5) is 0 Å². The average Bonchev–Trinajstić information content (AvgIpc) is 3.14. The monoisotopic (exact) mass is 420 g/mol. The molecular weight excluding hydrogens is 400 g/mol. The maximum absolute atomic E-state index is 11.3. The summed E-state index contributed by atoms with van der Waals surface area (Å²) in [4.78, 5) is 19.3. The average molecular weight is 421 g/mol. The Bertz CT molecular complexity index is 1100. The number of pyridine rings is 2. The molecule has 0 saturated carbocycles. The molecule has 0 saturated heterocycles. The summed E-state index contributed by atoms with van der Waals surface area (Å²) in [5.74, 6) is 0.887. The van der Waals surface area contributed by atoms with Crippen molar-refractivity contribution in [2.45, 2.75) is 20.4 Å². The topological polar surface area (TPSA) is 69.9 Å². The van der Waals surface area contributed by atoms with Gasteiger partial charge in [0, 0.05) is 30.2 Å². The molecule has 0 aliphatic heterocycles. The van der Waals surface area contributed by atoms with Crippen LogP contribution < -0.4 is 4.74 Å². The number of ether oxygens (including phenoxy) is 1. The number of nitrogens with zero attached hydrogens (tertiary/aromatic N) is 4. The second-order valence-corrected chi connectivity index (χ2v) is 6.89. The molecule has 1 aromatic carbocycles. The number of halogens is 1. The molecular formula is C23H21ClN4O2. The summed E-state index contributed by atoms with van der Waals surface area (Å²) in [5.41, 5.74) is 2.70. The van der Waals surface area contributed by atoms with Crippen LogP contribution >= 0.6 is 11.6 Å². The number of carbonyl (C=O) groups excluding carboxylic acids is 1. The summed E-state index contributed by atoms with van der Waals surface area (Å²) in [7, 11) is 0. The number of para-hydroxylation sites is 1. The fourth-order valence-corrected chi connectivity index (χ4v) is 2.77. The van der Waals surface area contributed by atoms with E-state index in [1.807, 2.05) is 60.4 Å². The molecule has 0 bridgehead atoms. The van der Waals surface area contributed by atoms with E-state index in [1.165, 1.54) is 18.6 Å². The maximum atomic E-state index is 11.3. The predicted octanol–water partition coefficient (Wildman–Crippen LogP) is 5.36. The van der Waals surface area contributed by atoms with E-state index in [0.717, 1.165) is 12.2 Å². The zero-order valence-corrected chi connectivity index (χ0v) is 17.5. The van der Waals surface area contributed by atoms with Gasteiger partial charge in [0.15, 0.2) is 5.78 Å². The van der Waals surface area contributed by atoms with Gasteiger partial charge >= 0.3 is 0 Å². The Morgan fingerprint density at radius 2 is 1.90 bits per heavy atom. The highest BCUT2D eigenvalue weighted by molar-refractivity contribution is 6.29. The molecule has 0 unspecified atom stereocenters. The largest absolute Gasteiger partial charge is 0.439 e. The number of rotatable bonds is 5. The minimum absolute atomic E-state index is 0.0767. The molecule has 0 aliphatic rings.